The Morgan fingerprint density at radius 2 is 1.53 bits per heavy atom. The predicted molar refractivity (Wildman–Crippen MR) is 139 cm³/mol. The Labute approximate surface area is 211 Å². The van der Waals surface area contributed by atoms with Gasteiger partial charge in [-0.3, -0.25) is 9.59 Å². The van der Waals surface area contributed by atoms with E-state index < -0.39 is 27.1 Å². The monoisotopic (exact) mass is 512 g/mol. The first kappa shape index (κ1) is 25.8. The molecule has 10 heteroatoms. The number of nitrogens with zero attached hydrogens (tertiary/aromatic N) is 2. The molecule has 0 radical (unpaired) electrons. The van der Waals surface area contributed by atoms with Crippen LogP contribution in [0.3, 0.4) is 0 Å². The normalized spacial score (nSPS) is 16.7. The van der Waals surface area contributed by atoms with Gasteiger partial charge in [0.15, 0.2) is 0 Å². The maximum absolute atomic E-state index is 13.1. The summed E-state index contributed by atoms with van der Waals surface area (Å²) in [5.41, 5.74) is 2.57. The number of carbonyl (C=O) groups is 3. The third-order valence-electron chi connectivity index (χ3n) is 6.69. The molecule has 36 heavy (non-hydrogen) atoms. The molecular formula is C26H32N4O5S. The van der Waals surface area contributed by atoms with E-state index in [9.17, 15) is 22.8 Å². The highest BCUT2D eigenvalue weighted by atomic mass is 32.2. The van der Waals surface area contributed by atoms with Gasteiger partial charge >= 0.3 is 6.03 Å². The van der Waals surface area contributed by atoms with E-state index in [4.69, 9.17) is 0 Å². The van der Waals surface area contributed by atoms with Gasteiger partial charge in [-0.05, 0) is 68.5 Å². The number of hydrogen-bond donors (Lipinski definition) is 2. The van der Waals surface area contributed by atoms with Crippen LogP contribution in [0.15, 0.2) is 42.5 Å². The third-order valence-corrected chi connectivity index (χ3v) is 8.59. The van der Waals surface area contributed by atoms with Crippen molar-refractivity contribution in [3.8, 4) is 0 Å². The lowest BCUT2D eigenvalue weighted by Gasteiger charge is -2.32. The van der Waals surface area contributed by atoms with Gasteiger partial charge in [-0.2, -0.15) is 0 Å². The Morgan fingerprint density at radius 3 is 2.11 bits per heavy atom. The van der Waals surface area contributed by atoms with Crippen molar-refractivity contribution in [2.45, 2.75) is 57.7 Å². The number of piperidine rings is 1. The highest BCUT2D eigenvalue weighted by Crippen LogP contribution is 2.31. The molecule has 2 aromatic carbocycles. The van der Waals surface area contributed by atoms with Crippen LogP contribution in [0.5, 0.6) is 0 Å². The van der Waals surface area contributed by atoms with Gasteiger partial charge in [0.1, 0.15) is 0 Å². The van der Waals surface area contributed by atoms with Crippen molar-refractivity contribution in [2.75, 3.05) is 23.3 Å². The first-order chi connectivity index (χ1) is 17.0. The fourth-order valence-corrected chi connectivity index (χ4v) is 5.31. The second-order valence-electron chi connectivity index (χ2n) is 9.86. The number of anilines is 2. The summed E-state index contributed by atoms with van der Waals surface area (Å²) in [4.78, 5) is 41.6. The lowest BCUT2D eigenvalue weighted by molar-refractivity contribution is 0.0926. The Bertz CT molecular complexity index is 1280. The minimum Gasteiger partial charge on any atom is -0.324 e. The third kappa shape index (κ3) is 5.15. The van der Waals surface area contributed by atoms with E-state index in [0.29, 0.717) is 48.8 Å². The minimum atomic E-state index is -3.36. The van der Waals surface area contributed by atoms with E-state index in [0.717, 1.165) is 10.5 Å². The van der Waals surface area contributed by atoms with Crippen LogP contribution in [0.25, 0.3) is 0 Å². The van der Waals surface area contributed by atoms with Crippen molar-refractivity contribution in [3.05, 3.63) is 59.2 Å². The van der Waals surface area contributed by atoms with Crippen LogP contribution in [-0.2, 0) is 10.0 Å². The molecular weight excluding hydrogens is 480 g/mol. The van der Waals surface area contributed by atoms with Crippen LogP contribution < -0.4 is 14.9 Å². The average molecular weight is 513 g/mol. The maximum Gasteiger partial charge on any atom is 0.321 e. The fourth-order valence-electron chi connectivity index (χ4n) is 4.33. The first-order valence-corrected chi connectivity index (χ1v) is 13.7. The lowest BCUT2D eigenvalue weighted by atomic mass is 10.0. The topological polar surface area (TPSA) is 116 Å². The van der Waals surface area contributed by atoms with E-state index in [1.807, 2.05) is 12.1 Å². The summed E-state index contributed by atoms with van der Waals surface area (Å²) in [5, 5.41) is 2.29. The van der Waals surface area contributed by atoms with E-state index in [1.165, 1.54) is 6.07 Å². The van der Waals surface area contributed by atoms with Crippen LogP contribution >= 0.6 is 0 Å². The Morgan fingerprint density at radius 1 is 0.917 bits per heavy atom. The van der Waals surface area contributed by atoms with Crippen molar-refractivity contribution in [3.63, 3.8) is 0 Å². The molecule has 0 atom stereocenters. The summed E-state index contributed by atoms with van der Waals surface area (Å²) in [6.45, 7) is 8.20. The molecule has 2 aromatic rings. The van der Waals surface area contributed by atoms with Crippen LogP contribution in [0.2, 0.25) is 0 Å². The van der Waals surface area contributed by atoms with Crippen LogP contribution in [0, 0.1) is 0 Å². The number of carbonyl (C=O) groups excluding carboxylic acids is 3. The smallest absolute Gasteiger partial charge is 0.321 e. The number of fused-ring (bicyclic) bond motifs is 1. The molecule has 2 heterocycles. The summed E-state index contributed by atoms with van der Waals surface area (Å²) < 4.78 is 26.9. The number of likely N-dealkylation sites (tertiary alicyclic amines) is 1. The zero-order chi connectivity index (χ0) is 26.2. The number of sulfonamides is 1. The largest absolute Gasteiger partial charge is 0.324 e. The number of nitrogens with one attached hydrogen (secondary N) is 2. The highest BCUT2D eigenvalue weighted by Gasteiger charge is 2.37. The van der Waals surface area contributed by atoms with E-state index in [2.05, 4.69) is 23.9 Å². The summed E-state index contributed by atoms with van der Waals surface area (Å²) in [6.07, 6.45) is 1.03. The van der Waals surface area contributed by atoms with Crippen LogP contribution in [0.4, 0.5) is 16.2 Å². The molecule has 4 rings (SSSR count). The van der Waals surface area contributed by atoms with Crippen molar-refractivity contribution < 1.29 is 22.8 Å². The van der Waals surface area contributed by atoms with E-state index in [1.54, 1.807) is 43.0 Å². The molecule has 192 valence electrons. The summed E-state index contributed by atoms with van der Waals surface area (Å²) in [6, 6.07) is 11.5. The molecule has 9 nitrogen and oxygen atoms in total. The van der Waals surface area contributed by atoms with Crippen LogP contribution in [0.1, 0.15) is 72.7 Å². The van der Waals surface area contributed by atoms with Gasteiger partial charge in [0.05, 0.1) is 22.1 Å². The number of rotatable bonds is 6. The first-order valence-electron chi connectivity index (χ1n) is 12.2. The van der Waals surface area contributed by atoms with Crippen LogP contribution in [-0.4, -0.2) is 55.5 Å². The number of urea groups is 1. The number of benzene rings is 2. The van der Waals surface area contributed by atoms with E-state index >= 15 is 0 Å². The maximum atomic E-state index is 13.1. The molecule has 2 N–H and O–H groups in total. The molecule has 0 spiro atoms. The van der Waals surface area contributed by atoms with E-state index in [-0.39, 0.29) is 17.6 Å². The molecule has 0 bridgehead atoms. The van der Waals surface area contributed by atoms with Gasteiger partial charge in [0.25, 0.3) is 11.8 Å². The lowest BCUT2D eigenvalue weighted by Crippen LogP contribution is -2.48. The Kier molecular flexibility index (Phi) is 7.19. The second-order valence-corrected chi connectivity index (χ2v) is 12.1. The minimum absolute atomic E-state index is 0.203. The molecule has 4 amide bonds. The number of hydrogen-bond acceptors (Lipinski definition) is 5. The zero-order valence-electron chi connectivity index (χ0n) is 20.9. The van der Waals surface area contributed by atoms with Gasteiger partial charge in [0, 0.05) is 24.8 Å². The van der Waals surface area contributed by atoms with Crippen molar-refractivity contribution in [1.82, 2.24) is 9.62 Å². The van der Waals surface area contributed by atoms with Gasteiger partial charge in [-0.1, -0.05) is 26.0 Å². The summed E-state index contributed by atoms with van der Waals surface area (Å²) >= 11 is 0. The molecule has 0 unspecified atom stereocenters. The second kappa shape index (κ2) is 10.0. The van der Waals surface area contributed by atoms with Gasteiger partial charge in [-0.15, -0.1) is 0 Å². The predicted octanol–water partition coefficient (Wildman–Crippen LogP) is 3.93. The SMILES string of the molecule is CC(C)c1ccc(N2C(=O)c3ccc(NC(=O)N4CCC(NS(=O)(=O)C(C)C)CC4)cc3C2=O)cc1. The standard InChI is InChI=1S/C26H32N4O5S/c1-16(2)18-5-8-21(9-6-18)30-24(31)22-10-7-20(15-23(22)25(30)32)27-26(33)29-13-11-19(12-14-29)28-36(34,35)17(3)4/h5-10,15-17,19,28H,11-14H2,1-4H3,(H,27,33). The average Bonchev–Trinajstić information content (AvgIpc) is 3.08. The fraction of sp³-hybridized carbons (Fsp3) is 0.423. The molecule has 0 saturated carbocycles. The summed E-state index contributed by atoms with van der Waals surface area (Å²) in [5.74, 6) is -0.486. The molecule has 2 aliphatic heterocycles. The number of imide groups is 1. The van der Waals surface area contributed by atoms with Crippen molar-refractivity contribution >= 4 is 39.2 Å². The van der Waals surface area contributed by atoms with Crippen molar-refractivity contribution in [1.29, 1.82) is 0 Å². The molecule has 0 aliphatic carbocycles. The molecule has 2 aliphatic rings. The van der Waals surface area contributed by atoms with Gasteiger partial charge in [-0.25, -0.2) is 22.8 Å². The Balaban J connectivity index is 1.40. The van der Waals surface area contributed by atoms with Crippen molar-refractivity contribution in [2.24, 2.45) is 0 Å². The quantitative estimate of drug-likeness (QED) is 0.569. The summed E-state index contributed by atoms with van der Waals surface area (Å²) in [7, 11) is -3.36. The highest BCUT2D eigenvalue weighted by molar-refractivity contribution is 7.90. The van der Waals surface area contributed by atoms with Gasteiger partial charge < -0.3 is 10.2 Å². The Hall–Kier alpha value is -3.24. The molecule has 0 aromatic heterocycles. The van der Waals surface area contributed by atoms with Gasteiger partial charge in [0.2, 0.25) is 10.0 Å². The number of amides is 4. The molecule has 1 fully saturated rings. The molecule has 1 saturated heterocycles. The zero-order valence-corrected chi connectivity index (χ0v) is 21.8.